The van der Waals surface area contributed by atoms with Gasteiger partial charge in [-0.25, -0.2) is 4.39 Å². The molecule has 4 aliphatic rings. The summed E-state index contributed by atoms with van der Waals surface area (Å²) >= 11 is 0. The van der Waals surface area contributed by atoms with Gasteiger partial charge in [0.2, 0.25) is 0 Å². The Balaban J connectivity index is 1.71. The lowest BCUT2D eigenvalue weighted by Crippen LogP contribution is -2.51. The van der Waals surface area contributed by atoms with Crippen LogP contribution in [-0.2, 0) is 0 Å². The van der Waals surface area contributed by atoms with E-state index in [0.29, 0.717) is 0 Å². The number of aryl methyl sites for hydroxylation is 1. The van der Waals surface area contributed by atoms with E-state index in [9.17, 15) is 4.39 Å². The lowest BCUT2D eigenvalue weighted by molar-refractivity contribution is -0.0679. The van der Waals surface area contributed by atoms with Crippen molar-refractivity contribution in [1.29, 1.82) is 0 Å². The minimum atomic E-state index is -0.147. The van der Waals surface area contributed by atoms with Crippen molar-refractivity contribution in [2.45, 2.75) is 51.5 Å². The van der Waals surface area contributed by atoms with Gasteiger partial charge in [-0.05, 0) is 91.9 Å². The van der Waals surface area contributed by atoms with Crippen LogP contribution in [0.2, 0.25) is 0 Å². The van der Waals surface area contributed by atoms with E-state index in [4.69, 9.17) is 5.73 Å². The molecule has 1 atom stereocenters. The standard InChI is InChI=1S/C18H24FN/c1-11-2-3-15(19)7-16(11)17(20)18-8-12-4-13(9-18)6-14(5-12)10-18/h2-3,7,12-14,17H,4-6,8-10,20H2,1H3. The van der Waals surface area contributed by atoms with Crippen LogP contribution in [0.4, 0.5) is 4.39 Å². The number of halogens is 1. The summed E-state index contributed by atoms with van der Waals surface area (Å²) in [5.74, 6) is 2.52. The molecule has 0 spiro atoms. The summed E-state index contributed by atoms with van der Waals surface area (Å²) in [5.41, 5.74) is 9.15. The minimum Gasteiger partial charge on any atom is -0.323 e. The molecule has 0 radical (unpaired) electrons. The Labute approximate surface area is 120 Å². The zero-order chi connectivity index (χ0) is 13.9. The fourth-order valence-electron chi connectivity index (χ4n) is 5.83. The summed E-state index contributed by atoms with van der Waals surface area (Å²) in [4.78, 5) is 0. The third-order valence-corrected chi connectivity index (χ3v) is 6.32. The molecule has 2 N–H and O–H groups in total. The van der Waals surface area contributed by atoms with Gasteiger partial charge in [-0.1, -0.05) is 6.07 Å². The Morgan fingerprint density at radius 2 is 1.65 bits per heavy atom. The molecule has 1 nitrogen and oxygen atoms in total. The van der Waals surface area contributed by atoms with E-state index in [2.05, 4.69) is 6.92 Å². The molecule has 0 amide bonds. The molecule has 4 bridgehead atoms. The topological polar surface area (TPSA) is 26.0 Å². The van der Waals surface area contributed by atoms with Gasteiger partial charge in [-0.3, -0.25) is 0 Å². The molecule has 4 saturated carbocycles. The molecule has 4 aliphatic carbocycles. The zero-order valence-electron chi connectivity index (χ0n) is 12.2. The molecule has 0 heterocycles. The van der Waals surface area contributed by atoms with Crippen molar-refractivity contribution < 1.29 is 4.39 Å². The van der Waals surface area contributed by atoms with Crippen molar-refractivity contribution in [1.82, 2.24) is 0 Å². The number of benzene rings is 1. The highest BCUT2D eigenvalue weighted by atomic mass is 19.1. The van der Waals surface area contributed by atoms with Gasteiger partial charge >= 0.3 is 0 Å². The van der Waals surface area contributed by atoms with Gasteiger partial charge < -0.3 is 5.73 Å². The molecule has 0 aromatic heterocycles. The van der Waals surface area contributed by atoms with E-state index in [1.54, 1.807) is 12.1 Å². The van der Waals surface area contributed by atoms with E-state index in [-0.39, 0.29) is 17.3 Å². The average molecular weight is 273 g/mol. The lowest BCUT2D eigenvalue weighted by Gasteiger charge is -2.59. The zero-order valence-corrected chi connectivity index (χ0v) is 12.2. The predicted octanol–water partition coefficient (Wildman–Crippen LogP) is 4.35. The van der Waals surface area contributed by atoms with Crippen LogP contribution < -0.4 is 5.73 Å². The summed E-state index contributed by atoms with van der Waals surface area (Å²) in [6.07, 6.45) is 8.10. The first-order valence-electron chi connectivity index (χ1n) is 8.07. The molecule has 1 aromatic rings. The fourth-order valence-corrected chi connectivity index (χ4v) is 5.83. The second kappa shape index (κ2) is 4.30. The van der Waals surface area contributed by atoms with Crippen LogP contribution in [0.5, 0.6) is 0 Å². The van der Waals surface area contributed by atoms with Crippen LogP contribution in [0.25, 0.3) is 0 Å². The van der Waals surface area contributed by atoms with E-state index in [1.165, 1.54) is 38.5 Å². The number of hydrogen-bond acceptors (Lipinski definition) is 1. The largest absolute Gasteiger partial charge is 0.323 e. The minimum absolute atomic E-state index is 0.0200. The Morgan fingerprint density at radius 1 is 1.10 bits per heavy atom. The summed E-state index contributed by atoms with van der Waals surface area (Å²) < 4.78 is 13.6. The smallest absolute Gasteiger partial charge is 0.123 e. The second-order valence-electron chi connectivity index (χ2n) is 7.76. The third-order valence-electron chi connectivity index (χ3n) is 6.32. The van der Waals surface area contributed by atoms with E-state index >= 15 is 0 Å². The average Bonchev–Trinajstić information content (AvgIpc) is 2.39. The summed E-state index contributed by atoms with van der Waals surface area (Å²) in [6.45, 7) is 2.06. The highest BCUT2D eigenvalue weighted by Gasteiger charge is 2.53. The molecule has 20 heavy (non-hydrogen) atoms. The van der Waals surface area contributed by atoms with E-state index in [1.807, 2.05) is 6.07 Å². The van der Waals surface area contributed by atoms with Crippen molar-refractivity contribution in [2.75, 3.05) is 0 Å². The van der Waals surface area contributed by atoms with Gasteiger partial charge in [0.25, 0.3) is 0 Å². The van der Waals surface area contributed by atoms with Gasteiger partial charge in [-0.2, -0.15) is 0 Å². The number of nitrogens with two attached hydrogens (primary N) is 1. The maximum atomic E-state index is 13.6. The summed E-state index contributed by atoms with van der Waals surface area (Å²) in [5, 5.41) is 0. The number of hydrogen-bond donors (Lipinski definition) is 1. The molecule has 0 aliphatic heterocycles. The SMILES string of the molecule is Cc1ccc(F)cc1C(N)C12CC3CC(CC(C3)C1)C2. The molecular formula is C18H24FN. The summed E-state index contributed by atoms with van der Waals surface area (Å²) in [6, 6.07) is 5.13. The van der Waals surface area contributed by atoms with Crippen LogP contribution in [-0.4, -0.2) is 0 Å². The molecular weight excluding hydrogens is 249 g/mol. The maximum Gasteiger partial charge on any atom is 0.123 e. The van der Waals surface area contributed by atoms with Crippen LogP contribution in [0, 0.1) is 35.9 Å². The maximum absolute atomic E-state index is 13.6. The van der Waals surface area contributed by atoms with Crippen LogP contribution in [0.15, 0.2) is 18.2 Å². The molecule has 4 fully saturated rings. The van der Waals surface area contributed by atoms with E-state index in [0.717, 1.165) is 28.9 Å². The first-order chi connectivity index (χ1) is 9.56. The Bertz CT molecular complexity index is 501. The molecule has 1 unspecified atom stereocenters. The quantitative estimate of drug-likeness (QED) is 0.851. The normalized spacial score (nSPS) is 40.0. The monoisotopic (exact) mass is 273 g/mol. The Morgan fingerprint density at radius 3 is 2.20 bits per heavy atom. The highest BCUT2D eigenvalue weighted by Crippen LogP contribution is 2.63. The van der Waals surface area contributed by atoms with E-state index < -0.39 is 0 Å². The van der Waals surface area contributed by atoms with Gasteiger partial charge in [0.15, 0.2) is 0 Å². The van der Waals surface area contributed by atoms with Crippen molar-refractivity contribution >= 4 is 0 Å². The third kappa shape index (κ3) is 1.84. The van der Waals surface area contributed by atoms with Crippen LogP contribution in [0.3, 0.4) is 0 Å². The van der Waals surface area contributed by atoms with Crippen LogP contribution in [0.1, 0.15) is 55.7 Å². The summed E-state index contributed by atoms with van der Waals surface area (Å²) in [7, 11) is 0. The van der Waals surface area contributed by atoms with Gasteiger partial charge in [-0.15, -0.1) is 0 Å². The van der Waals surface area contributed by atoms with Gasteiger partial charge in [0.1, 0.15) is 5.82 Å². The Hall–Kier alpha value is -0.890. The molecule has 2 heteroatoms. The molecule has 108 valence electrons. The van der Waals surface area contributed by atoms with Gasteiger partial charge in [0.05, 0.1) is 0 Å². The van der Waals surface area contributed by atoms with Crippen molar-refractivity contribution in [3.63, 3.8) is 0 Å². The number of rotatable bonds is 2. The predicted molar refractivity (Wildman–Crippen MR) is 78.7 cm³/mol. The van der Waals surface area contributed by atoms with Crippen LogP contribution >= 0.6 is 0 Å². The first-order valence-corrected chi connectivity index (χ1v) is 8.07. The van der Waals surface area contributed by atoms with Crippen molar-refractivity contribution in [2.24, 2.45) is 28.9 Å². The van der Waals surface area contributed by atoms with Crippen molar-refractivity contribution in [3.8, 4) is 0 Å². The Kier molecular flexibility index (Phi) is 2.76. The molecule has 5 rings (SSSR count). The highest BCUT2D eigenvalue weighted by molar-refractivity contribution is 5.31. The molecule has 0 saturated heterocycles. The van der Waals surface area contributed by atoms with Gasteiger partial charge in [0, 0.05) is 6.04 Å². The first kappa shape index (κ1) is 12.8. The fraction of sp³-hybridized carbons (Fsp3) is 0.667. The lowest BCUT2D eigenvalue weighted by atomic mass is 9.47. The molecule has 1 aromatic carbocycles. The second-order valence-corrected chi connectivity index (χ2v) is 7.76. The van der Waals surface area contributed by atoms with Crippen molar-refractivity contribution in [3.05, 3.63) is 35.1 Å².